The molecule has 7 nitrogen and oxygen atoms in total. The fourth-order valence-corrected chi connectivity index (χ4v) is 1.09. The lowest BCUT2D eigenvalue weighted by Crippen LogP contribution is -2.20. The fraction of sp³-hybridized carbons (Fsp3) is 0.200. The van der Waals surface area contributed by atoms with E-state index in [4.69, 9.17) is 0 Å². The molecular formula is C10H10N2O5. The Bertz CT molecular complexity index is 458. The summed E-state index contributed by atoms with van der Waals surface area (Å²) < 4.78 is 4.46. The minimum absolute atomic E-state index is 0.0645. The SMILES string of the molecule is CC(=O)OCC(=O)Nc1ccccc1[N+](=O)[O-]. The molecule has 0 aliphatic heterocycles. The van der Waals surface area contributed by atoms with Crippen molar-refractivity contribution in [1.29, 1.82) is 0 Å². The summed E-state index contributed by atoms with van der Waals surface area (Å²) >= 11 is 0. The Kier molecular flexibility index (Phi) is 4.15. The van der Waals surface area contributed by atoms with Crippen molar-refractivity contribution < 1.29 is 19.2 Å². The molecule has 7 heteroatoms. The quantitative estimate of drug-likeness (QED) is 0.481. The number of anilines is 1. The molecule has 1 rings (SSSR count). The van der Waals surface area contributed by atoms with E-state index < -0.39 is 23.4 Å². The number of hydrogen-bond acceptors (Lipinski definition) is 5. The van der Waals surface area contributed by atoms with Crippen LogP contribution in [0.25, 0.3) is 0 Å². The van der Waals surface area contributed by atoms with E-state index >= 15 is 0 Å². The molecular weight excluding hydrogens is 228 g/mol. The van der Waals surface area contributed by atoms with Crippen molar-refractivity contribution in [2.45, 2.75) is 6.92 Å². The molecule has 0 saturated heterocycles. The van der Waals surface area contributed by atoms with Crippen LogP contribution in [0.3, 0.4) is 0 Å². The van der Waals surface area contributed by atoms with E-state index in [1.807, 2.05) is 0 Å². The van der Waals surface area contributed by atoms with E-state index in [0.29, 0.717) is 0 Å². The van der Waals surface area contributed by atoms with Gasteiger partial charge in [-0.05, 0) is 6.07 Å². The second kappa shape index (κ2) is 5.59. The molecule has 1 amide bonds. The van der Waals surface area contributed by atoms with Gasteiger partial charge in [0.25, 0.3) is 11.6 Å². The lowest BCUT2D eigenvalue weighted by atomic mass is 10.2. The standard InChI is InChI=1S/C10H10N2O5/c1-7(13)17-6-10(14)11-8-4-2-3-5-9(8)12(15)16/h2-5H,6H2,1H3,(H,11,14). The summed E-state index contributed by atoms with van der Waals surface area (Å²) in [5.74, 6) is -1.22. The van der Waals surface area contributed by atoms with Crippen LogP contribution in [-0.2, 0) is 14.3 Å². The number of nitro benzene ring substituents is 1. The van der Waals surface area contributed by atoms with Gasteiger partial charge in [0.2, 0.25) is 0 Å². The Balaban J connectivity index is 2.71. The average Bonchev–Trinajstić information content (AvgIpc) is 2.27. The molecule has 90 valence electrons. The molecule has 0 heterocycles. The molecule has 1 aromatic carbocycles. The number of nitrogens with one attached hydrogen (secondary N) is 1. The molecule has 0 bridgehead atoms. The normalized spacial score (nSPS) is 9.47. The van der Waals surface area contributed by atoms with Crippen molar-refractivity contribution in [3.63, 3.8) is 0 Å². The fourth-order valence-electron chi connectivity index (χ4n) is 1.09. The molecule has 0 saturated carbocycles. The first-order chi connectivity index (χ1) is 8.00. The minimum atomic E-state index is -0.630. The summed E-state index contributed by atoms with van der Waals surface area (Å²) in [6.07, 6.45) is 0. The zero-order valence-corrected chi connectivity index (χ0v) is 9.00. The Hall–Kier alpha value is -2.44. The first kappa shape index (κ1) is 12.6. The van der Waals surface area contributed by atoms with E-state index in [1.54, 1.807) is 6.07 Å². The third-order valence-electron chi connectivity index (χ3n) is 1.78. The molecule has 17 heavy (non-hydrogen) atoms. The van der Waals surface area contributed by atoms with Gasteiger partial charge in [0.1, 0.15) is 5.69 Å². The predicted molar refractivity (Wildman–Crippen MR) is 58.4 cm³/mol. The van der Waals surface area contributed by atoms with Gasteiger partial charge in [0.15, 0.2) is 6.61 Å². The van der Waals surface area contributed by atoms with Crippen molar-refractivity contribution in [1.82, 2.24) is 0 Å². The van der Waals surface area contributed by atoms with Gasteiger partial charge in [0.05, 0.1) is 4.92 Å². The van der Waals surface area contributed by atoms with Gasteiger partial charge in [-0.25, -0.2) is 0 Å². The highest BCUT2D eigenvalue weighted by Gasteiger charge is 2.14. The van der Waals surface area contributed by atoms with Crippen LogP contribution in [0.15, 0.2) is 24.3 Å². The number of carbonyl (C=O) groups excluding carboxylic acids is 2. The molecule has 0 radical (unpaired) electrons. The summed E-state index contributed by atoms with van der Waals surface area (Å²) in [6, 6.07) is 5.69. The summed E-state index contributed by atoms with van der Waals surface area (Å²) in [7, 11) is 0. The first-order valence-corrected chi connectivity index (χ1v) is 4.67. The van der Waals surface area contributed by atoms with Crippen molar-refractivity contribution in [2.75, 3.05) is 11.9 Å². The van der Waals surface area contributed by atoms with Crippen LogP contribution in [0, 0.1) is 10.1 Å². The largest absolute Gasteiger partial charge is 0.456 e. The monoisotopic (exact) mass is 238 g/mol. The van der Waals surface area contributed by atoms with Gasteiger partial charge >= 0.3 is 5.97 Å². The summed E-state index contributed by atoms with van der Waals surface area (Å²) in [5, 5.41) is 12.9. The molecule has 0 unspecified atom stereocenters. The van der Waals surface area contributed by atoms with E-state index in [1.165, 1.54) is 18.2 Å². The maximum absolute atomic E-state index is 11.3. The highest BCUT2D eigenvalue weighted by atomic mass is 16.6. The van der Waals surface area contributed by atoms with Gasteiger partial charge in [-0.3, -0.25) is 19.7 Å². The lowest BCUT2D eigenvalue weighted by molar-refractivity contribution is -0.383. The van der Waals surface area contributed by atoms with Crippen molar-refractivity contribution >= 4 is 23.3 Å². The van der Waals surface area contributed by atoms with Crippen LogP contribution in [0.5, 0.6) is 0 Å². The van der Waals surface area contributed by atoms with Crippen LogP contribution in [-0.4, -0.2) is 23.4 Å². The molecule has 0 atom stereocenters. The topological polar surface area (TPSA) is 98.5 Å². The number of carbonyl (C=O) groups is 2. The Morgan fingerprint density at radius 2 is 2.06 bits per heavy atom. The zero-order valence-electron chi connectivity index (χ0n) is 9.00. The molecule has 0 aromatic heterocycles. The summed E-state index contributed by atoms with van der Waals surface area (Å²) in [5.41, 5.74) is -0.154. The molecule has 0 spiro atoms. The number of esters is 1. The zero-order chi connectivity index (χ0) is 12.8. The molecule has 1 N–H and O–H groups in total. The third kappa shape index (κ3) is 3.90. The van der Waals surface area contributed by atoms with Crippen LogP contribution in [0.2, 0.25) is 0 Å². The molecule has 0 aliphatic carbocycles. The number of nitrogens with zero attached hydrogens (tertiary/aromatic N) is 1. The third-order valence-corrected chi connectivity index (χ3v) is 1.78. The Labute approximate surface area is 96.5 Å². The van der Waals surface area contributed by atoms with Gasteiger partial charge in [-0.1, -0.05) is 12.1 Å². The lowest BCUT2D eigenvalue weighted by Gasteiger charge is -2.05. The van der Waals surface area contributed by atoms with E-state index in [9.17, 15) is 19.7 Å². The highest BCUT2D eigenvalue weighted by Crippen LogP contribution is 2.22. The first-order valence-electron chi connectivity index (χ1n) is 4.67. The van der Waals surface area contributed by atoms with Gasteiger partial charge in [0, 0.05) is 13.0 Å². The number of para-hydroxylation sites is 2. The summed E-state index contributed by atoms with van der Waals surface area (Å²) in [4.78, 5) is 31.8. The second-order valence-corrected chi connectivity index (χ2v) is 3.10. The van der Waals surface area contributed by atoms with Crippen molar-refractivity contribution in [3.8, 4) is 0 Å². The number of rotatable bonds is 4. The number of ether oxygens (including phenoxy) is 1. The minimum Gasteiger partial charge on any atom is -0.456 e. The van der Waals surface area contributed by atoms with E-state index in [-0.39, 0.29) is 11.4 Å². The van der Waals surface area contributed by atoms with Crippen molar-refractivity contribution in [2.24, 2.45) is 0 Å². The van der Waals surface area contributed by atoms with E-state index in [2.05, 4.69) is 10.1 Å². The summed E-state index contributed by atoms with van der Waals surface area (Å²) in [6.45, 7) is 0.694. The number of hydrogen-bond donors (Lipinski definition) is 1. The Morgan fingerprint density at radius 3 is 2.65 bits per heavy atom. The predicted octanol–water partition coefficient (Wildman–Crippen LogP) is 1.10. The molecule has 1 aromatic rings. The maximum Gasteiger partial charge on any atom is 0.303 e. The smallest absolute Gasteiger partial charge is 0.303 e. The molecule has 0 fully saturated rings. The van der Waals surface area contributed by atoms with Gasteiger partial charge in [-0.15, -0.1) is 0 Å². The second-order valence-electron chi connectivity index (χ2n) is 3.10. The van der Waals surface area contributed by atoms with Crippen LogP contribution < -0.4 is 5.32 Å². The van der Waals surface area contributed by atoms with Crippen LogP contribution >= 0.6 is 0 Å². The van der Waals surface area contributed by atoms with E-state index in [0.717, 1.165) is 6.92 Å². The highest BCUT2D eigenvalue weighted by molar-refractivity contribution is 5.94. The molecule has 0 aliphatic rings. The average molecular weight is 238 g/mol. The number of benzene rings is 1. The van der Waals surface area contributed by atoms with Gasteiger partial charge < -0.3 is 10.1 Å². The van der Waals surface area contributed by atoms with Crippen molar-refractivity contribution in [3.05, 3.63) is 34.4 Å². The van der Waals surface area contributed by atoms with Crippen LogP contribution in [0.4, 0.5) is 11.4 Å². The number of amides is 1. The van der Waals surface area contributed by atoms with Crippen LogP contribution in [0.1, 0.15) is 6.92 Å². The maximum atomic E-state index is 11.3. The number of nitro groups is 1. The van der Waals surface area contributed by atoms with Gasteiger partial charge in [-0.2, -0.15) is 0 Å². The Morgan fingerprint density at radius 1 is 1.41 bits per heavy atom.